The number of piperidine rings is 1. The number of aromatic nitrogens is 4. The van der Waals surface area contributed by atoms with Gasteiger partial charge in [-0.05, 0) is 42.8 Å². The van der Waals surface area contributed by atoms with Gasteiger partial charge in [0.2, 0.25) is 0 Å². The predicted octanol–water partition coefficient (Wildman–Crippen LogP) is 3.91. The standard InChI is InChI=1S/C26H25N5O3/c1-16-20-12-18(3-5-22(20)29-28-16)25(33)31-9-7-26(8-10-31)13-23(32)21-11-17(4-6-24(21)34-26)19-14-27-30(2)15-19/h3-6,11-12,14-15H,7-10,13H2,1-2H3,(H,28,29). The SMILES string of the molecule is Cc1n[nH]c2ccc(C(=O)N3CCC4(CC3)CC(=O)c3cc(-c5cnn(C)c5)ccc3O4)cc12. The molecule has 1 fully saturated rings. The minimum absolute atomic E-state index is 0.000925. The summed E-state index contributed by atoms with van der Waals surface area (Å²) in [4.78, 5) is 28.1. The number of rotatable bonds is 2. The lowest BCUT2D eigenvalue weighted by Crippen LogP contribution is -2.52. The lowest BCUT2D eigenvalue weighted by Gasteiger charge is -2.44. The molecule has 1 N–H and O–H groups in total. The van der Waals surface area contributed by atoms with E-state index in [4.69, 9.17) is 4.74 Å². The molecule has 1 spiro atoms. The van der Waals surface area contributed by atoms with Gasteiger partial charge < -0.3 is 9.64 Å². The van der Waals surface area contributed by atoms with Gasteiger partial charge in [-0.25, -0.2) is 0 Å². The van der Waals surface area contributed by atoms with Gasteiger partial charge in [-0.2, -0.15) is 10.2 Å². The van der Waals surface area contributed by atoms with E-state index in [1.165, 1.54) is 0 Å². The topological polar surface area (TPSA) is 93.1 Å². The number of carbonyl (C=O) groups excluding carboxylic acids is 2. The number of hydrogen-bond acceptors (Lipinski definition) is 5. The summed E-state index contributed by atoms with van der Waals surface area (Å²) in [6.07, 6.45) is 5.30. The molecule has 1 amide bonds. The first-order valence-corrected chi connectivity index (χ1v) is 11.5. The van der Waals surface area contributed by atoms with E-state index < -0.39 is 5.60 Å². The van der Waals surface area contributed by atoms with Crippen molar-refractivity contribution in [1.29, 1.82) is 0 Å². The van der Waals surface area contributed by atoms with Crippen molar-refractivity contribution in [3.63, 3.8) is 0 Å². The van der Waals surface area contributed by atoms with Crippen molar-refractivity contribution >= 4 is 22.6 Å². The van der Waals surface area contributed by atoms with Crippen molar-refractivity contribution in [2.24, 2.45) is 7.05 Å². The van der Waals surface area contributed by atoms with E-state index in [1.54, 1.807) is 10.9 Å². The molecule has 8 nitrogen and oxygen atoms in total. The highest BCUT2D eigenvalue weighted by Crippen LogP contribution is 2.41. The van der Waals surface area contributed by atoms with Gasteiger partial charge in [-0.3, -0.25) is 19.4 Å². The van der Waals surface area contributed by atoms with E-state index in [0.717, 1.165) is 27.7 Å². The molecular formula is C26H25N5O3. The number of likely N-dealkylation sites (tertiary alicyclic amines) is 1. The third kappa shape index (κ3) is 3.37. The van der Waals surface area contributed by atoms with Crippen LogP contribution in [0.25, 0.3) is 22.0 Å². The largest absolute Gasteiger partial charge is 0.486 e. The molecule has 2 aliphatic heterocycles. The number of H-pyrrole nitrogens is 1. The van der Waals surface area contributed by atoms with Crippen molar-refractivity contribution in [3.05, 3.63) is 65.6 Å². The molecule has 4 heterocycles. The van der Waals surface area contributed by atoms with Crippen LogP contribution in [0.3, 0.4) is 0 Å². The Morgan fingerprint density at radius 3 is 2.71 bits per heavy atom. The fourth-order valence-corrected chi connectivity index (χ4v) is 5.10. The Morgan fingerprint density at radius 1 is 1.12 bits per heavy atom. The molecule has 6 rings (SSSR count). The number of fused-ring (bicyclic) bond motifs is 2. The van der Waals surface area contributed by atoms with Crippen molar-refractivity contribution < 1.29 is 14.3 Å². The van der Waals surface area contributed by atoms with Crippen molar-refractivity contribution in [2.75, 3.05) is 13.1 Å². The Bertz CT molecular complexity index is 1440. The van der Waals surface area contributed by atoms with Gasteiger partial charge in [-0.1, -0.05) is 6.07 Å². The van der Waals surface area contributed by atoms with Crippen LogP contribution in [-0.2, 0) is 7.05 Å². The zero-order valence-electron chi connectivity index (χ0n) is 19.2. The predicted molar refractivity (Wildman–Crippen MR) is 127 cm³/mol. The van der Waals surface area contributed by atoms with Gasteiger partial charge in [0.25, 0.3) is 5.91 Å². The second kappa shape index (κ2) is 7.55. The Kier molecular flexibility index (Phi) is 4.58. The normalized spacial score (nSPS) is 17.1. The van der Waals surface area contributed by atoms with E-state index in [2.05, 4.69) is 15.3 Å². The summed E-state index contributed by atoms with van der Waals surface area (Å²) < 4.78 is 8.17. The molecule has 172 valence electrons. The first kappa shape index (κ1) is 20.7. The zero-order valence-corrected chi connectivity index (χ0v) is 19.2. The summed E-state index contributed by atoms with van der Waals surface area (Å²) in [5, 5.41) is 12.4. The molecule has 1 saturated heterocycles. The van der Waals surface area contributed by atoms with Gasteiger partial charge in [0.1, 0.15) is 11.4 Å². The molecule has 0 aliphatic carbocycles. The van der Waals surface area contributed by atoms with Crippen molar-refractivity contribution in [1.82, 2.24) is 24.9 Å². The monoisotopic (exact) mass is 455 g/mol. The second-order valence-corrected chi connectivity index (χ2v) is 9.36. The van der Waals surface area contributed by atoms with E-state index >= 15 is 0 Å². The van der Waals surface area contributed by atoms with E-state index in [-0.39, 0.29) is 11.7 Å². The van der Waals surface area contributed by atoms with Gasteiger partial charge in [0.05, 0.1) is 29.4 Å². The van der Waals surface area contributed by atoms with Gasteiger partial charge >= 0.3 is 0 Å². The van der Waals surface area contributed by atoms with Crippen LogP contribution < -0.4 is 4.74 Å². The van der Waals surface area contributed by atoms with Gasteiger partial charge in [0, 0.05) is 55.7 Å². The van der Waals surface area contributed by atoms with Gasteiger partial charge in [0.15, 0.2) is 5.78 Å². The quantitative estimate of drug-likeness (QED) is 0.495. The van der Waals surface area contributed by atoms with Gasteiger partial charge in [-0.15, -0.1) is 0 Å². The third-order valence-electron chi connectivity index (χ3n) is 7.09. The van der Waals surface area contributed by atoms with Crippen LogP contribution in [-0.4, -0.2) is 55.3 Å². The Hall–Kier alpha value is -3.94. The number of aryl methyl sites for hydroxylation is 2. The Labute approximate surface area is 196 Å². The minimum Gasteiger partial charge on any atom is -0.486 e. The zero-order chi connectivity index (χ0) is 23.4. The number of nitrogens with zero attached hydrogens (tertiary/aromatic N) is 4. The minimum atomic E-state index is -0.554. The summed E-state index contributed by atoms with van der Waals surface area (Å²) in [5.74, 6) is 0.721. The number of ketones is 1. The van der Waals surface area contributed by atoms with E-state index in [0.29, 0.717) is 49.2 Å². The second-order valence-electron chi connectivity index (χ2n) is 9.36. The van der Waals surface area contributed by atoms with Crippen LogP contribution in [0.2, 0.25) is 0 Å². The molecule has 34 heavy (non-hydrogen) atoms. The fraction of sp³-hybridized carbons (Fsp3) is 0.308. The molecule has 4 aromatic rings. The Morgan fingerprint density at radius 2 is 1.94 bits per heavy atom. The highest BCUT2D eigenvalue weighted by molar-refractivity contribution is 6.02. The molecule has 2 aromatic heterocycles. The number of carbonyl (C=O) groups is 2. The highest BCUT2D eigenvalue weighted by Gasteiger charge is 2.43. The number of aromatic amines is 1. The van der Waals surface area contributed by atoms with E-state index in [1.807, 2.05) is 61.5 Å². The molecule has 2 aliphatic rings. The number of nitrogens with one attached hydrogen (secondary N) is 1. The number of amides is 1. The average molecular weight is 456 g/mol. The summed E-state index contributed by atoms with van der Waals surface area (Å²) >= 11 is 0. The van der Waals surface area contributed by atoms with Crippen LogP contribution in [0.15, 0.2) is 48.8 Å². The molecule has 0 unspecified atom stereocenters. The molecule has 2 aromatic carbocycles. The molecule has 0 bridgehead atoms. The lowest BCUT2D eigenvalue weighted by atomic mass is 9.82. The van der Waals surface area contributed by atoms with Crippen LogP contribution >= 0.6 is 0 Å². The Balaban J connectivity index is 1.19. The van der Waals surface area contributed by atoms with Crippen molar-refractivity contribution in [2.45, 2.75) is 31.8 Å². The maximum Gasteiger partial charge on any atom is 0.253 e. The first-order chi connectivity index (χ1) is 16.4. The van der Waals surface area contributed by atoms with Crippen LogP contribution in [0.4, 0.5) is 0 Å². The maximum absolute atomic E-state index is 13.2. The molecule has 0 radical (unpaired) electrons. The van der Waals surface area contributed by atoms with Crippen LogP contribution in [0, 0.1) is 6.92 Å². The molecule has 8 heteroatoms. The smallest absolute Gasteiger partial charge is 0.253 e. The summed E-state index contributed by atoms with van der Waals surface area (Å²) in [7, 11) is 1.87. The third-order valence-corrected chi connectivity index (χ3v) is 7.09. The maximum atomic E-state index is 13.2. The number of Topliss-reactive ketones (excluding diaryl/α,β-unsaturated/α-hetero) is 1. The van der Waals surface area contributed by atoms with Crippen molar-refractivity contribution in [3.8, 4) is 16.9 Å². The lowest BCUT2D eigenvalue weighted by molar-refractivity contribution is -0.00569. The number of ether oxygens (including phenoxy) is 1. The fourth-order valence-electron chi connectivity index (χ4n) is 5.10. The van der Waals surface area contributed by atoms with Crippen LogP contribution in [0.5, 0.6) is 5.75 Å². The first-order valence-electron chi connectivity index (χ1n) is 11.5. The number of hydrogen-bond donors (Lipinski definition) is 1. The molecule has 0 atom stereocenters. The summed E-state index contributed by atoms with van der Waals surface area (Å²) in [6, 6.07) is 11.4. The molecular weight excluding hydrogens is 430 g/mol. The summed E-state index contributed by atoms with van der Waals surface area (Å²) in [6.45, 7) is 3.03. The molecule has 0 saturated carbocycles. The van der Waals surface area contributed by atoms with E-state index in [9.17, 15) is 9.59 Å². The highest BCUT2D eigenvalue weighted by atomic mass is 16.5. The van der Waals surface area contributed by atoms with Crippen LogP contribution in [0.1, 0.15) is 45.7 Å². The number of benzene rings is 2. The average Bonchev–Trinajstić information content (AvgIpc) is 3.44. The summed E-state index contributed by atoms with van der Waals surface area (Å²) in [5.41, 5.74) is 4.44.